The molecule has 3 aromatic rings. The van der Waals surface area contributed by atoms with E-state index in [-0.39, 0.29) is 17.4 Å². The van der Waals surface area contributed by atoms with Crippen LogP contribution in [-0.4, -0.2) is 60.4 Å². The van der Waals surface area contributed by atoms with Gasteiger partial charge in [-0.3, -0.25) is 19.1 Å². The Bertz CT molecular complexity index is 1460. The Kier molecular flexibility index (Phi) is 5.33. The number of carboxylic acids is 1. The Hall–Kier alpha value is -3.77. The zero-order valence-electron chi connectivity index (χ0n) is 18.4. The molecule has 2 aliphatic rings. The highest BCUT2D eigenvalue weighted by Gasteiger charge is 2.44. The molecule has 12 heteroatoms. The minimum Gasteiger partial charge on any atom is -0.477 e. The van der Waals surface area contributed by atoms with Crippen molar-refractivity contribution in [3.05, 3.63) is 62.6 Å². The first-order valence-electron chi connectivity index (χ1n) is 10.6. The van der Waals surface area contributed by atoms with Crippen molar-refractivity contribution >= 4 is 34.6 Å². The number of aromatic carboxylic acids is 1. The Morgan fingerprint density at radius 3 is 2.74 bits per heavy atom. The molecule has 2 aliphatic heterocycles. The second-order valence-corrected chi connectivity index (χ2v) is 9.42. The van der Waals surface area contributed by atoms with E-state index in [2.05, 4.69) is 25.4 Å². The third-order valence-electron chi connectivity index (χ3n) is 6.17. The highest BCUT2D eigenvalue weighted by Crippen LogP contribution is 2.33. The summed E-state index contributed by atoms with van der Waals surface area (Å²) in [5.41, 5.74) is -0.446. The van der Waals surface area contributed by atoms with Crippen LogP contribution < -0.4 is 21.5 Å². The summed E-state index contributed by atoms with van der Waals surface area (Å²) >= 11 is 1.32. The van der Waals surface area contributed by atoms with Gasteiger partial charge in [0.25, 0.3) is 0 Å². The van der Waals surface area contributed by atoms with Gasteiger partial charge in [0.05, 0.1) is 11.1 Å². The van der Waals surface area contributed by atoms with Crippen LogP contribution in [0.5, 0.6) is 0 Å². The van der Waals surface area contributed by atoms with Gasteiger partial charge in [0.2, 0.25) is 11.3 Å². The number of hydrogen-bond acceptors (Lipinski definition) is 9. The van der Waals surface area contributed by atoms with Crippen molar-refractivity contribution in [2.45, 2.75) is 25.9 Å². The van der Waals surface area contributed by atoms with E-state index in [1.165, 1.54) is 23.7 Å². The summed E-state index contributed by atoms with van der Waals surface area (Å²) < 4.78 is 1.57. The lowest BCUT2D eigenvalue weighted by Gasteiger charge is -2.48. The normalized spacial score (nSPS) is 20.2. The Balaban J connectivity index is 1.49. The van der Waals surface area contributed by atoms with Crippen molar-refractivity contribution in [1.82, 2.24) is 24.6 Å². The van der Waals surface area contributed by atoms with Crippen LogP contribution in [0.2, 0.25) is 0 Å². The van der Waals surface area contributed by atoms with E-state index in [4.69, 9.17) is 4.99 Å². The molecule has 1 atom stereocenters. The fourth-order valence-corrected chi connectivity index (χ4v) is 5.03. The minimum absolute atomic E-state index is 0.136. The van der Waals surface area contributed by atoms with Crippen molar-refractivity contribution in [2.75, 3.05) is 18.4 Å². The van der Waals surface area contributed by atoms with Crippen LogP contribution in [-0.2, 0) is 4.79 Å². The molecular weight excluding hydrogens is 458 g/mol. The number of likely N-dealkylation sites (tertiary alicyclic amines) is 1. The second-order valence-electron chi connectivity index (χ2n) is 8.55. The maximum atomic E-state index is 13.0. The van der Waals surface area contributed by atoms with Crippen LogP contribution in [0.15, 0.2) is 45.9 Å². The van der Waals surface area contributed by atoms with Gasteiger partial charge < -0.3 is 10.4 Å². The lowest BCUT2D eigenvalue weighted by atomic mass is 9.89. The number of nitrogens with zero attached hydrogens (tertiary/aromatic N) is 6. The van der Waals surface area contributed by atoms with Crippen LogP contribution in [0.1, 0.15) is 30.6 Å². The number of carboxylic acid groups (broad SMARTS) is 1. The van der Waals surface area contributed by atoms with Crippen LogP contribution in [0, 0.1) is 5.92 Å². The van der Waals surface area contributed by atoms with Gasteiger partial charge >= 0.3 is 5.97 Å². The quantitative estimate of drug-likeness (QED) is 0.531. The average molecular weight is 480 g/mol. The monoisotopic (exact) mass is 479 g/mol. The van der Waals surface area contributed by atoms with E-state index in [1.54, 1.807) is 28.3 Å². The molecule has 0 saturated carbocycles. The van der Waals surface area contributed by atoms with E-state index < -0.39 is 17.1 Å². The van der Waals surface area contributed by atoms with Crippen molar-refractivity contribution in [3.8, 4) is 5.13 Å². The topological polar surface area (TPSA) is 143 Å². The summed E-state index contributed by atoms with van der Waals surface area (Å²) in [6.45, 7) is 4.76. The maximum absolute atomic E-state index is 13.0. The fourth-order valence-electron chi connectivity index (χ4n) is 4.41. The van der Waals surface area contributed by atoms with E-state index in [0.29, 0.717) is 41.2 Å². The molecule has 1 fully saturated rings. The summed E-state index contributed by atoms with van der Waals surface area (Å²) in [5, 5.41) is 22.6. The number of anilines is 1. The van der Waals surface area contributed by atoms with Gasteiger partial charge in [-0.2, -0.15) is 5.10 Å². The first-order valence-corrected chi connectivity index (χ1v) is 11.5. The van der Waals surface area contributed by atoms with Gasteiger partial charge in [-0.15, -0.1) is 16.4 Å². The number of carbonyl (C=O) groups excluding carboxylic acids is 1. The first kappa shape index (κ1) is 22.0. The van der Waals surface area contributed by atoms with Crippen molar-refractivity contribution in [3.63, 3.8) is 0 Å². The van der Waals surface area contributed by atoms with Gasteiger partial charge in [0.1, 0.15) is 16.7 Å². The molecule has 0 bridgehead atoms. The molecule has 1 saturated heterocycles. The molecule has 0 aliphatic carbocycles. The third-order valence-corrected chi connectivity index (χ3v) is 6.94. The standard InChI is InChI=1S/C22H21N7O4S/c1-12-8-22(2,28-9-13(10-28)19(31)25-15-4-3-5-24-27-15)26-18-16(12)17(30)14(20(32)33)11-29(18)21-23-6-7-34-21/h3-7,11,13H,8-10H2,1-2H3,(H,32,33)(H,25,27,31). The van der Waals surface area contributed by atoms with Crippen LogP contribution in [0.4, 0.5) is 5.82 Å². The molecule has 1 amide bonds. The van der Waals surface area contributed by atoms with Gasteiger partial charge in [0.15, 0.2) is 10.9 Å². The summed E-state index contributed by atoms with van der Waals surface area (Å²) in [6.07, 6.45) is 4.87. The summed E-state index contributed by atoms with van der Waals surface area (Å²) in [4.78, 5) is 48.6. The van der Waals surface area contributed by atoms with Crippen molar-refractivity contribution < 1.29 is 14.7 Å². The second kappa shape index (κ2) is 8.22. The van der Waals surface area contributed by atoms with Crippen LogP contribution in [0.3, 0.4) is 0 Å². The number of rotatable bonds is 5. The highest BCUT2D eigenvalue weighted by atomic mass is 32.1. The Labute approximate surface area is 197 Å². The predicted octanol–water partition coefficient (Wildman–Crippen LogP) is 0.263. The summed E-state index contributed by atoms with van der Waals surface area (Å²) in [5.74, 6) is -1.26. The number of nitrogens with one attached hydrogen (secondary N) is 1. The van der Waals surface area contributed by atoms with Crippen molar-refractivity contribution in [1.29, 1.82) is 0 Å². The summed E-state index contributed by atoms with van der Waals surface area (Å²) in [6, 6.07) is 3.38. The first-order chi connectivity index (χ1) is 16.3. The van der Waals surface area contributed by atoms with Crippen molar-refractivity contribution in [2.24, 2.45) is 10.9 Å². The molecule has 174 valence electrons. The lowest BCUT2D eigenvalue weighted by molar-refractivity contribution is -0.128. The zero-order valence-corrected chi connectivity index (χ0v) is 19.2. The van der Waals surface area contributed by atoms with E-state index in [0.717, 1.165) is 5.57 Å². The molecule has 2 N–H and O–H groups in total. The smallest absolute Gasteiger partial charge is 0.341 e. The van der Waals surface area contributed by atoms with E-state index in [1.807, 2.05) is 13.8 Å². The van der Waals surface area contributed by atoms with Gasteiger partial charge in [0, 0.05) is 43.5 Å². The number of aromatic nitrogens is 4. The number of carbonyl (C=O) groups is 2. The molecule has 0 aromatic carbocycles. The SMILES string of the molecule is CC1=c2c(=O)c(C(=O)O)cn(-c3nccs3)c2=NC(C)(N2CC(C(=O)Nc3cccnn3)C2)C1. The predicted molar refractivity (Wildman–Crippen MR) is 123 cm³/mol. The molecule has 0 radical (unpaired) electrons. The Morgan fingerprint density at radius 1 is 1.29 bits per heavy atom. The molecule has 5 heterocycles. The maximum Gasteiger partial charge on any atom is 0.341 e. The average Bonchev–Trinajstić information content (AvgIpc) is 3.27. The molecule has 0 spiro atoms. The Morgan fingerprint density at radius 2 is 2.09 bits per heavy atom. The van der Waals surface area contributed by atoms with E-state index >= 15 is 0 Å². The molecule has 1 unspecified atom stereocenters. The van der Waals surface area contributed by atoms with Gasteiger partial charge in [-0.25, -0.2) is 14.8 Å². The fraction of sp³-hybridized carbons (Fsp3) is 0.318. The summed E-state index contributed by atoms with van der Waals surface area (Å²) in [7, 11) is 0. The third kappa shape index (κ3) is 3.70. The van der Waals surface area contributed by atoms with Gasteiger partial charge in [-0.05, 0) is 26.0 Å². The number of fused-ring (bicyclic) bond motifs is 1. The van der Waals surface area contributed by atoms with Crippen LogP contribution >= 0.6 is 11.3 Å². The molecule has 3 aromatic heterocycles. The minimum atomic E-state index is -1.29. The van der Waals surface area contributed by atoms with Crippen LogP contribution in [0.25, 0.3) is 10.7 Å². The van der Waals surface area contributed by atoms with E-state index in [9.17, 15) is 19.5 Å². The number of hydrogen-bond donors (Lipinski definition) is 2. The lowest BCUT2D eigenvalue weighted by Crippen LogP contribution is -2.64. The van der Waals surface area contributed by atoms with Gasteiger partial charge in [-0.1, -0.05) is 5.57 Å². The number of pyridine rings is 1. The largest absolute Gasteiger partial charge is 0.477 e. The number of thiazole rings is 1. The molecule has 5 rings (SSSR count). The molecule has 11 nitrogen and oxygen atoms in total. The highest BCUT2D eigenvalue weighted by molar-refractivity contribution is 7.12. The number of amides is 1. The molecular formula is C22H21N7O4S. The molecule has 34 heavy (non-hydrogen) atoms. The zero-order chi connectivity index (χ0) is 24.0.